The largest absolute Gasteiger partial charge is 0.495 e. The topological polar surface area (TPSA) is 104 Å². The van der Waals surface area contributed by atoms with Crippen molar-refractivity contribution in [3.05, 3.63) is 75.8 Å². The summed E-state index contributed by atoms with van der Waals surface area (Å²) in [6.07, 6.45) is 1.57. The summed E-state index contributed by atoms with van der Waals surface area (Å²) in [7, 11) is 1.64. The predicted octanol–water partition coefficient (Wildman–Crippen LogP) is 3.79. The number of benzene rings is 2. The van der Waals surface area contributed by atoms with Crippen LogP contribution in [0.2, 0.25) is 5.02 Å². The molecule has 0 atom stereocenters. The molecular weight excluding hydrogens is 468 g/mol. The standard InChI is InChI=1S/C25H25ClN6O3/c1-34-22-13-17(32-10-8-27-9-11-32)6-7-19(22)28-15-20-24-16(14-29-31-25(24)33)12-23(30-20)35-21-5-3-2-4-18(21)26/h2-7,12-14,27-28H,8-11,15H2,1H3,(H,31,33). The Morgan fingerprint density at radius 2 is 1.94 bits per heavy atom. The monoisotopic (exact) mass is 492 g/mol. The highest BCUT2D eigenvalue weighted by Crippen LogP contribution is 2.32. The maximum Gasteiger partial charge on any atom is 0.273 e. The van der Waals surface area contributed by atoms with Crippen molar-refractivity contribution in [2.75, 3.05) is 43.5 Å². The van der Waals surface area contributed by atoms with Gasteiger partial charge in [0.1, 0.15) is 11.5 Å². The fourth-order valence-electron chi connectivity index (χ4n) is 4.12. The third-order valence-electron chi connectivity index (χ3n) is 5.86. The molecule has 1 fully saturated rings. The lowest BCUT2D eigenvalue weighted by molar-refractivity contribution is 0.416. The van der Waals surface area contributed by atoms with E-state index in [1.54, 1.807) is 31.5 Å². The molecule has 0 saturated carbocycles. The van der Waals surface area contributed by atoms with Crippen LogP contribution in [0.15, 0.2) is 59.5 Å². The molecule has 3 heterocycles. The quantitative estimate of drug-likeness (QED) is 0.358. The van der Waals surface area contributed by atoms with Crippen molar-refractivity contribution >= 4 is 33.7 Å². The smallest absolute Gasteiger partial charge is 0.273 e. The van der Waals surface area contributed by atoms with Crippen molar-refractivity contribution in [2.24, 2.45) is 0 Å². The van der Waals surface area contributed by atoms with Crippen LogP contribution >= 0.6 is 11.6 Å². The van der Waals surface area contributed by atoms with E-state index in [2.05, 4.69) is 36.8 Å². The highest BCUT2D eigenvalue weighted by molar-refractivity contribution is 6.32. The lowest BCUT2D eigenvalue weighted by atomic mass is 10.1. The molecule has 4 aromatic rings. The predicted molar refractivity (Wildman–Crippen MR) is 137 cm³/mol. The van der Waals surface area contributed by atoms with Crippen LogP contribution in [0.4, 0.5) is 11.4 Å². The normalized spacial score (nSPS) is 13.6. The molecule has 9 nitrogen and oxygen atoms in total. The number of fused-ring (bicyclic) bond motifs is 1. The van der Waals surface area contributed by atoms with Crippen molar-refractivity contribution < 1.29 is 9.47 Å². The first-order valence-electron chi connectivity index (χ1n) is 11.3. The summed E-state index contributed by atoms with van der Waals surface area (Å²) >= 11 is 6.25. The molecule has 35 heavy (non-hydrogen) atoms. The average molecular weight is 493 g/mol. The molecule has 1 saturated heterocycles. The summed E-state index contributed by atoms with van der Waals surface area (Å²) in [5.74, 6) is 1.50. The Kier molecular flexibility index (Phi) is 6.69. The van der Waals surface area contributed by atoms with Gasteiger partial charge in [0.15, 0.2) is 0 Å². The van der Waals surface area contributed by atoms with Crippen LogP contribution in [0.25, 0.3) is 10.8 Å². The molecule has 5 rings (SSSR count). The van der Waals surface area contributed by atoms with Gasteiger partial charge in [-0.15, -0.1) is 0 Å². The van der Waals surface area contributed by atoms with Crippen LogP contribution in [0.3, 0.4) is 0 Å². The SMILES string of the molecule is COc1cc(N2CCNCC2)ccc1NCc1nc(Oc2ccccc2Cl)cc2cn[nH]c(=O)c12. The van der Waals surface area contributed by atoms with E-state index in [0.29, 0.717) is 38.9 Å². The zero-order valence-electron chi connectivity index (χ0n) is 19.2. The van der Waals surface area contributed by atoms with Gasteiger partial charge in [-0.05, 0) is 24.3 Å². The van der Waals surface area contributed by atoms with Gasteiger partial charge in [-0.3, -0.25) is 4.79 Å². The Hall–Kier alpha value is -3.82. The number of pyridine rings is 1. The number of hydrogen-bond donors (Lipinski definition) is 3. The van der Waals surface area contributed by atoms with Crippen molar-refractivity contribution in [1.82, 2.24) is 20.5 Å². The second kappa shape index (κ2) is 10.2. The Labute approximate surface area is 207 Å². The molecule has 0 amide bonds. The Morgan fingerprint density at radius 3 is 2.74 bits per heavy atom. The van der Waals surface area contributed by atoms with Crippen LogP contribution in [-0.4, -0.2) is 48.5 Å². The van der Waals surface area contributed by atoms with Gasteiger partial charge in [0.25, 0.3) is 5.56 Å². The number of methoxy groups -OCH3 is 1. The zero-order valence-corrected chi connectivity index (χ0v) is 19.9. The van der Waals surface area contributed by atoms with Crippen LogP contribution < -0.4 is 30.6 Å². The van der Waals surface area contributed by atoms with Crippen molar-refractivity contribution in [2.45, 2.75) is 6.54 Å². The van der Waals surface area contributed by atoms with Crippen LogP contribution in [0, 0.1) is 0 Å². The minimum atomic E-state index is -0.322. The van der Waals surface area contributed by atoms with Crippen molar-refractivity contribution in [3.8, 4) is 17.4 Å². The molecule has 2 aromatic heterocycles. The number of ether oxygens (including phenoxy) is 2. The van der Waals surface area contributed by atoms with E-state index >= 15 is 0 Å². The van der Waals surface area contributed by atoms with Gasteiger partial charge in [-0.25, -0.2) is 10.1 Å². The van der Waals surface area contributed by atoms with E-state index in [9.17, 15) is 4.79 Å². The number of anilines is 2. The molecule has 3 N–H and O–H groups in total. The summed E-state index contributed by atoms with van der Waals surface area (Å²) < 4.78 is 11.6. The average Bonchev–Trinajstić information content (AvgIpc) is 2.89. The zero-order chi connectivity index (χ0) is 24.2. The van der Waals surface area contributed by atoms with Crippen LogP contribution in [-0.2, 0) is 6.54 Å². The number of piperazine rings is 1. The molecule has 0 bridgehead atoms. The third kappa shape index (κ3) is 5.01. The van der Waals surface area contributed by atoms with Gasteiger partial charge in [0.2, 0.25) is 5.88 Å². The van der Waals surface area contributed by atoms with E-state index in [0.717, 1.165) is 37.6 Å². The minimum absolute atomic E-state index is 0.270. The first kappa shape index (κ1) is 22.9. The molecule has 0 radical (unpaired) electrons. The van der Waals surface area contributed by atoms with E-state index < -0.39 is 0 Å². The Balaban J connectivity index is 1.44. The first-order chi connectivity index (χ1) is 17.1. The fourth-order valence-corrected chi connectivity index (χ4v) is 4.29. The highest BCUT2D eigenvalue weighted by atomic mass is 35.5. The minimum Gasteiger partial charge on any atom is -0.495 e. The maximum absolute atomic E-state index is 12.6. The molecule has 0 unspecified atom stereocenters. The number of aromatic nitrogens is 3. The highest BCUT2D eigenvalue weighted by Gasteiger charge is 2.15. The molecule has 1 aliphatic rings. The number of nitrogens with one attached hydrogen (secondary N) is 3. The molecule has 180 valence electrons. The molecule has 1 aliphatic heterocycles. The molecule has 0 spiro atoms. The molecular formula is C25H25ClN6O3. The van der Waals surface area contributed by atoms with E-state index in [1.165, 1.54) is 0 Å². The molecule has 10 heteroatoms. The van der Waals surface area contributed by atoms with Gasteiger partial charge in [0.05, 0.1) is 41.6 Å². The lowest BCUT2D eigenvalue weighted by Crippen LogP contribution is -2.43. The van der Waals surface area contributed by atoms with Crippen LogP contribution in [0.1, 0.15) is 5.69 Å². The number of rotatable bonds is 7. The number of para-hydroxylation sites is 1. The van der Waals surface area contributed by atoms with E-state index in [4.69, 9.17) is 21.1 Å². The summed E-state index contributed by atoms with van der Waals surface area (Å²) in [6, 6.07) is 14.9. The third-order valence-corrected chi connectivity index (χ3v) is 6.18. The van der Waals surface area contributed by atoms with Gasteiger partial charge >= 0.3 is 0 Å². The second-order valence-electron chi connectivity index (χ2n) is 8.08. The van der Waals surface area contributed by atoms with Crippen molar-refractivity contribution in [3.63, 3.8) is 0 Å². The van der Waals surface area contributed by atoms with Gasteiger partial charge < -0.3 is 25.0 Å². The number of aromatic amines is 1. The number of halogens is 1. The van der Waals surface area contributed by atoms with Gasteiger partial charge in [-0.2, -0.15) is 5.10 Å². The van der Waals surface area contributed by atoms with E-state index in [-0.39, 0.29) is 12.1 Å². The fraction of sp³-hybridized carbons (Fsp3) is 0.240. The van der Waals surface area contributed by atoms with Gasteiger partial charge in [0, 0.05) is 49.4 Å². The lowest BCUT2D eigenvalue weighted by Gasteiger charge is -2.30. The molecule has 2 aromatic carbocycles. The number of hydrogen-bond acceptors (Lipinski definition) is 8. The number of nitrogens with zero attached hydrogens (tertiary/aromatic N) is 3. The van der Waals surface area contributed by atoms with E-state index in [1.807, 2.05) is 24.3 Å². The van der Waals surface area contributed by atoms with Gasteiger partial charge in [-0.1, -0.05) is 23.7 Å². The summed E-state index contributed by atoms with van der Waals surface area (Å²) in [5.41, 5.74) is 2.10. The maximum atomic E-state index is 12.6. The number of H-pyrrole nitrogens is 1. The summed E-state index contributed by atoms with van der Waals surface area (Å²) in [6.45, 7) is 4.07. The second-order valence-corrected chi connectivity index (χ2v) is 8.49. The molecule has 0 aliphatic carbocycles. The first-order valence-corrected chi connectivity index (χ1v) is 11.7. The Bertz CT molecular complexity index is 1400. The Morgan fingerprint density at radius 1 is 1.11 bits per heavy atom. The summed E-state index contributed by atoms with van der Waals surface area (Å²) in [4.78, 5) is 19.5. The summed E-state index contributed by atoms with van der Waals surface area (Å²) in [5, 5.41) is 14.7. The van der Waals surface area contributed by atoms with Crippen molar-refractivity contribution in [1.29, 1.82) is 0 Å². The van der Waals surface area contributed by atoms with Crippen LogP contribution in [0.5, 0.6) is 17.4 Å².